The van der Waals surface area contributed by atoms with E-state index in [2.05, 4.69) is 0 Å². The maximum Gasteiger partial charge on any atom is 0.0511 e. The van der Waals surface area contributed by atoms with E-state index in [1.807, 2.05) is 0 Å². The van der Waals surface area contributed by atoms with Crippen LogP contribution in [-0.2, 0) is 9.47 Å². The van der Waals surface area contributed by atoms with E-state index in [4.69, 9.17) is 15.2 Å². The Morgan fingerprint density at radius 3 is 2.46 bits per heavy atom. The third-order valence-electron chi connectivity index (χ3n) is 3.40. The Balaban J connectivity index is 1.94. The third-order valence-corrected chi connectivity index (χ3v) is 3.40. The molecule has 0 spiro atoms. The molecule has 0 radical (unpaired) electrons. The fourth-order valence-corrected chi connectivity index (χ4v) is 2.35. The lowest BCUT2D eigenvalue weighted by Crippen LogP contribution is -2.53. The molecule has 0 aromatic heterocycles. The van der Waals surface area contributed by atoms with E-state index >= 15 is 0 Å². The Labute approximate surface area is 79.6 Å². The average Bonchev–Trinajstić information content (AvgIpc) is 2.20. The minimum atomic E-state index is -0.00132. The standard InChI is InChI=1S/C10H19NO2/c11-10(3-6-12-7-4-10)9-2-1-5-13-8-9/h9H,1-8,11H2. The van der Waals surface area contributed by atoms with Gasteiger partial charge in [0.25, 0.3) is 0 Å². The molecule has 2 N–H and O–H groups in total. The summed E-state index contributed by atoms with van der Waals surface area (Å²) in [6, 6.07) is 0. The lowest BCUT2D eigenvalue weighted by Gasteiger charge is -2.41. The van der Waals surface area contributed by atoms with Gasteiger partial charge in [0.2, 0.25) is 0 Å². The lowest BCUT2D eigenvalue weighted by atomic mass is 9.76. The van der Waals surface area contributed by atoms with Gasteiger partial charge >= 0.3 is 0 Å². The SMILES string of the molecule is NC1(C2CCCOC2)CCOCC1. The Kier molecular flexibility index (Phi) is 2.86. The topological polar surface area (TPSA) is 44.5 Å². The number of ether oxygens (including phenoxy) is 2. The highest BCUT2D eigenvalue weighted by Crippen LogP contribution is 2.31. The molecule has 2 aliphatic heterocycles. The van der Waals surface area contributed by atoms with Crippen LogP contribution in [0.4, 0.5) is 0 Å². The normalized spacial score (nSPS) is 34.4. The largest absolute Gasteiger partial charge is 0.381 e. The van der Waals surface area contributed by atoms with Crippen LogP contribution in [0, 0.1) is 5.92 Å². The molecule has 3 heteroatoms. The first-order chi connectivity index (χ1) is 6.31. The van der Waals surface area contributed by atoms with E-state index in [9.17, 15) is 0 Å². The summed E-state index contributed by atoms with van der Waals surface area (Å²) in [5.41, 5.74) is 6.37. The summed E-state index contributed by atoms with van der Waals surface area (Å²) >= 11 is 0. The van der Waals surface area contributed by atoms with Gasteiger partial charge in [-0.25, -0.2) is 0 Å². The van der Waals surface area contributed by atoms with E-state index in [-0.39, 0.29) is 5.54 Å². The van der Waals surface area contributed by atoms with Crippen LogP contribution in [0.1, 0.15) is 25.7 Å². The van der Waals surface area contributed by atoms with E-state index in [1.54, 1.807) is 0 Å². The van der Waals surface area contributed by atoms with Crippen LogP contribution in [0.2, 0.25) is 0 Å². The van der Waals surface area contributed by atoms with Gasteiger partial charge in [0.1, 0.15) is 0 Å². The molecule has 1 atom stereocenters. The molecule has 2 heterocycles. The zero-order chi connectivity index (χ0) is 9.15. The monoisotopic (exact) mass is 185 g/mol. The van der Waals surface area contributed by atoms with Crippen molar-refractivity contribution >= 4 is 0 Å². The van der Waals surface area contributed by atoms with Gasteiger partial charge in [-0.1, -0.05) is 0 Å². The van der Waals surface area contributed by atoms with Crippen molar-refractivity contribution in [3.63, 3.8) is 0 Å². The van der Waals surface area contributed by atoms with E-state index < -0.39 is 0 Å². The smallest absolute Gasteiger partial charge is 0.0511 e. The zero-order valence-corrected chi connectivity index (χ0v) is 8.13. The molecule has 0 aromatic carbocycles. The predicted molar refractivity (Wildman–Crippen MR) is 50.5 cm³/mol. The molecule has 1 unspecified atom stereocenters. The minimum Gasteiger partial charge on any atom is -0.381 e. The summed E-state index contributed by atoms with van der Waals surface area (Å²) in [4.78, 5) is 0. The van der Waals surface area contributed by atoms with Gasteiger partial charge in [0, 0.05) is 31.3 Å². The summed E-state index contributed by atoms with van der Waals surface area (Å²) in [5, 5.41) is 0. The van der Waals surface area contributed by atoms with Crippen molar-refractivity contribution in [2.75, 3.05) is 26.4 Å². The molecule has 0 saturated carbocycles. The van der Waals surface area contributed by atoms with Crippen LogP contribution in [0.3, 0.4) is 0 Å². The molecule has 3 nitrogen and oxygen atoms in total. The minimum absolute atomic E-state index is 0.00132. The summed E-state index contributed by atoms with van der Waals surface area (Å²) < 4.78 is 10.8. The van der Waals surface area contributed by atoms with Crippen molar-refractivity contribution in [1.82, 2.24) is 0 Å². The van der Waals surface area contributed by atoms with Gasteiger partial charge < -0.3 is 15.2 Å². The number of hydrogen-bond donors (Lipinski definition) is 1. The molecular formula is C10H19NO2. The van der Waals surface area contributed by atoms with Crippen LogP contribution in [0.5, 0.6) is 0 Å². The van der Waals surface area contributed by atoms with Crippen molar-refractivity contribution in [2.45, 2.75) is 31.2 Å². The van der Waals surface area contributed by atoms with Crippen LogP contribution in [-0.4, -0.2) is 32.0 Å². The van der Waals surface area contributed by atoms with Gasteiger partial charge in [-0.3, -0.25) is 0 Å². The maximum absolute atomic E-state index is 6.37. The van der Waals surface area contributed by atoms with Crippen molar-refractivity contribution in [1.29, 1.82) is 0 Å². The average molecular weight is 185 g/mol. The molecule has 0 aromatic rings. The second-order valence-electron chi connectivity index (χ2n) is 4.26. The maximum atomic E-state index is 6.37. The van der Waals surface area contributed by atoms with Crippen LogP contribution >= 0.6 is 0 Å². The zero-order valence-electron chi connectivity index (χ0n) is 8.13. The highest BCUT2D eigenvalue weighted by molar-refractivity contribution is 4.93. The first-order valence-electron chi connectivity index (χ1n) is 5.26. The number of nitrogens with two attached hydrogens (primary N) is 1. The third kappa shape index (κ3) is 2.03. The molecule has 2 rings (SSSR count). The molecular weight excluding hydrogens is 166 g/mol. The molecule has 0 bridgehead atoms. The highest BCUT2D eigenvalue weighted by Gasteiger charge is 2.37. The molecule has 0 amide bonds. The summed E-state index contributed by atoms with van der Waals surface area (Å²) in [6.45, 7) is 3.43. The molecule has 2 saturated heterocycles. The van der Waals surface area contributed by atoms with Gasteiger partial charge in [0.15, 0.2) is 0 Å². The second kappa shape index (κ2) is 3.95. The Bertz CT molecular complexity index is 160. The van der Waals surface area contributed by atoms with Crippen molar-refractivity contribution in [3.8, 4) is 0 Å². The Hall–Kier alpha value is -0.120. The summed E-state index contributed by atoms with van der Waals surface area (Å²) in [7, 11) is 0. The van der Waals surface area contributed by atoms with Gasteiger partial charge in [0.05, 0.1) is 6.61 Å². The van der Waals surface area contributed by atoms with E-state index in [0.717, 1.165) is 39.3 Å². The fourth-order valence-electron chi connectivity index (χ4n) is 2.35. The first-order valence-corrected chi connectivity index (χ1v) is 5.26. The highest BCUT2D eigenvalue weighted by atomic mass is 16.5. The number of rotatable bonds is 1. The molecule has 2 aliphatic rings. The van der Waals surface area contributed by atoms with Crippen molar-refractivity contribution < 1.29 is 9.47 Å². The van der Waals surface area contributed by atoms with Crippen LogP contribution < -0.4 is 5.73 Å². The van der Waals surface area contributed by atoms with Crippen molar-refractivity contribution in [3.05, 3.63) is 0 Å². The Morgan fingerprint density at radius 2 is 1.85 bits per heavy atom. The molecule has 0 aliphatic carbocycles. The molecule has 13 heavy (non-hydrogen) atoms. The van der Waals surface area contributed by atoms with Crippen molar-refractivity contribution in [2.24, 2.45) is 11.7 Å². The number of hydrogen-bond acceptors (Lipinski definition) is 3. The summed E-state index contributed by atoms with van der Waals surface area (Å²) in [5.74, 6) is 0.560. The van der Waals surface area contributed by atoms with E-state index in [1.165, 1.54) is 12.8 Å². The quantitative estimate of drug-likeness (QED) is 0.660. The molecule has 2 fully saturated rings. The summed E-state index contributed by atoms with van der Waals surface area (Å²) in [6.07, 6.45) is 4.41. The van der Waals surface area contributed by atoms with Crippen LogP contribution in [0.25, 0.3) is 0 Å². The Morgan fingerprint density at radius 1 is 1.08 bits per heavy atom. The predicted octanol–water partition coefficient (Wildman–Crippen LogP) is 0.921. The molecule has 76 valence electrons. The van der Waals surface area contributed by atoms with Gasteiger partial charge in [-0.05, 0) is 25.7 Å². The second-order valence-corrected chi connectivity index (χ2v) is 4.26. The lowest BCUT2D eigenvalue weighted by molar-refractivity contribution is -0.0247. The van der Waals surface area contributed by atoms with Gasteiger partial charge in [-0.15, -0.1) is 0 Å². The first kappa shape index (κ1) is 9.44. The van der Waals surface area contributed by atoms with E-state index in [0.29, 0.717) is 5.92 Å². The van der Waals surface area contributed by atoms with Crippen LogP contribution in [0.15, 0.2) is 0 Å². The fraction of sp³-hybridized carbons (Fsp3) is 1.00. The van der Waals surface area contributed by atoms with Gasteiger partial charge in [-0.2, -0.15) is 0 Å².